The van der Waals surface area contributed by atoms with Crippen LogP contribution < -0.4 is 10.6 Å². The van der Waals surface area contributed by atoms with Gasteiger partial charge in [0.05, 0.1) is 18.7 Å². The van der Waals surface area contributed by atoms with Crippen molar-refractivity contribution >= 4 is 29.3 Å². The number of benzene rings is 3. The molecule has 0 aromatic heterocycles. The highest BCUT2D eigenvalue weighted by Crippen LogP contribution is 2.32. The summed E-state index contributed by atoms with van der Waals surface area (Å²) in [6, 6.07) is 20.6. The van der Waals surface area contributed by atoms with Gasteiger partial charge in [-0.25, -0.2) is 9.59 Å². The first-order valence-corrected chi connectivity index (χ1v) is 11.5. The summed E-state index contributed by atoms with van der Waals surface area (Å²) in [5.74, 6) is -0.675. The van der Waals surface area contributed by atoms with E-state index in [4.69, 9.17) is 10.00 Å². The minimum atomic E-state index is -0.641. The molecule has 1 atom stereocenters. The lowest BCUT2D eigenvalue weighted by Crippen LogP contribution is -2.45. The molecule has 182 valence electrons. The third-order valence-electron chi connectivity index (χ3n) is 6.07. The minimum absolute atomic E-state index is 0.0808. The zero-order chi connectivity index (χ0) is 25.8. The number of methoxy groups -OCH3 is 1. The summed E-state index contributed by atoms with van der Waals surface area (Å²) in [5.41, 5.74) is 4.87. The number of rotatable bonds is 6. The molecule has 8 nitrogen and oxygen atoms in total. The molecule has 0 spiro atoms. The van der Waals surface area contributed by atoms with Crippen molar-refractivity contribution in [3.05, 3.63) is 83.4 Å². The van der Waals surface area contributed by atoms with Gasteiger partial charge in [0.25, 0.3) is 5.91 Å². The van der Waals surface area contributed by atoms with Crippen LogP contribution in [-0.4, -0.2) is 36.0 Å². The first kappa shape index (κ1) is 24.5. The van der Waals surface area contributed by atoms with E-state index in [1.54, 1.807) is 47.4 Å². The normalized spacial score (nSPS) is 13.1. The van der Waals surface area contributed by atoms with E-state index < -0.39 is 18.0 Å². The third kappa shape index (κ3) is 5.05. The molecule has 1 heterocycles. The molecule has 2 N–H and O–H groups in total. The molecule has 1 aliphatic heterocycles. The van der Waals surface area contributed by atoms with Crippen LogP contribution in [0.25, 0.3) is 11.1 Å². The van der Waals surface area contributed by atoms with Gasteiger partial charge < -0.3 is 20.3 Å². The zero-order valence-electron chi connectivity index (χ0n) is 20.2. The maximum absolute atomic E-state index is 13.0. The number of hydrogen-bond donors (Lipinski definition) is 2. The van der Waals surface area contributed by atoms with E-state index in [1.807, 2.05) is 44.2 Å². The van der Waals surface area contributed by atoms with E-state index in [2.05, 4.69) is 10.6 Å². The molecule has 0 fully saturated rings. The summed E-state index contributed by atoms with van der Waals surface area (Å²) in [6.07, 6.45) is 0. The zero-order valence-corrected chi connectivity index (χ0v) is 20.2. The Balaban J connectivity index is 1.46. The van der Waals surface area contributed by atoms with Gasteiger partial charge in [-0.1, -0.05) is 38.1 Å². The fourth-order valence-electron chi connectivity index (χ4n) is 4.33. The molecule has 0 radical (unpaired) electrons. The molecule has 0 unspecified atom stereocenters. The molecule has 0 bridgehead atoms. The second-order valence-corrected chi connectivity index (χ2v) is 8.87. The van der Waals surface area contributed by atoms with Crippen molar-refractivity contribution in [1.82, 2.24) is 4.90 Å². The molecule has 1 aliphatic rings. The highest BCUT2D eigenvalue weighted by molar-refractivity contribution is 6.01. The van der Waals surface area contributed by atoms with Crippen molar-refractivity contribution in [2.75, 3.05) is 17.7 Å². The number of nitrogens with one attached hydrogen (secondary N) is 2. The third-order valence-corrected chi connectivity index (χ3v) is 6.07. The molecule has 4 rings (SSSR count). The first-order chi connectivity index (χ1) is 17.3. The van der Waals surface area contributed by atoms with E-state index in [0.717, 1.165) is 16.7 Å². The fraction of sp³-hybridized carbons (Fsp3) is 0.214. The molecule has 8 heteroatoms. The molecular weight excluding hydrogens is 456 g/mol. The van der Waals surface area contributed by atoms with Crippen molar-refractivity contribution in [2.45, 2.75) is 26.4 Å². The largest absolute Gasteiger partial charge is 0.467 e. The Morgan fingerprint density at radius 1 is 0.972 bits per heavy atom. The average Bonchev–Trinajstić information content (AvgIpc) is 3.19. The van der Waals surface area contributed by atoms with Crippen molar-refractivity contribution < 1.29 is 19.1 Å². The lowest BCUT2D eigenvalue weighted by atomic mass is 10.0. The van der Waals surface area contributed by atoms with Crippen molar-refractivity contribution in [3.8, 4) is 17.2 Å². The monoisotopic (exact) mass is 482 g/mol. The van der Waals surface area contributed by atoms with Crippen LogP contribution in [0.3, 0.4) is 0 Å². The highest BCUT2D eigenvalue weighted by atomic mass is 16.5. The van der Waals surface area contributed by atoms with Crippen molar-refractivity contribution in [3.63, 3.8) is 0 Å². The molecular formula is C28H26N4O4. The highest BCUT2D eigenvalue weighted by Gasteiger charge is 2.38. The van der Waals surface area contributed by atoms with Crippen LogP contribution in [0.2, 0.25) is 0 Å². The number of nitrogens with zero attached hydrogens (tertiary/aromatic N) is 2. The maximum Gasteiger partial charge on any atom is 0.328 e. The van der Waals surface area contributed by atoms with E-state index in [9.17, 15) is 14.4 Å². The molecule has 3 aromatic rings. The van der Waals surface area contributed by atoms with Crippen LogP contribution in [-0.2, 0) is 16.1 Å². The van der Waals surface area contributed by atoms with E-state index in [1.165, 1.54) is 7.11 Å². The number of fused-ring (bicyclic) bond motifs is 1. The summed E-state index contributed by atoms with van der Waals surface area (Å²) >= 11 is 0. The van der Waals surface area contributed by atoms with Gasteiger partial charge in [0, 0.05) is 23.5 Å². The molecule has 0 saturated carbocycles. The Morgan fingerprint density at radius 3 is 2.33 bits per heavy atom. The number of urea groups is 1. The Bertz CT molecular complexity index is 1360. The Kier molecular flexibility index (Phi) is 7.02. The molecule has 3 aromatic carbocycles. The molecule has 0 aliphatic carbocycles. The second-order valence-electron chi connectivity index (χ2n) is 8.87. The Morgan fingerprint density at radius 2 is 1.67 bits per heavy atom. The maximum atomic E-state index is 13.0. The predicted octanol–water partition coefficient (Wildman–Crippen LogP) is 5.02. The fourth-order valence-corrected chi connectivity index (χ4v) is 4.33. The van der Waals surface area contributed by atoms with Crippen LogP contribution in [0.15, 0.2) is 66.7 Å². The number of hydrogen-bond acceptors (Lipinski definition) is 5. The Hall–Kier alpha value is -4.64. The number of esters is 1. The number of ether oxygens (including phenoxy) is 1. The van der Waals surface area contributed by atoms with Gasteiger partial charge in [-0.3, -0.25) is 4.79 Å². The summed E-state index contributed by atoms with van der Waals surface area (Å²) in [6.45, 7) is 4.12. The number of anilines is 2. The van der Waals surface area contributed by atoms with Gasteiger partial charge in [-0.2, -0.15) is 5.26 Å². The van der Waals surface area contributed by atoms with Crippen molar-refractivity contribution in [2.24, 2.45) is 5.92 Å². The average molecular weight is 483 g/mol. The van der Waals surface area contributed by atoms with Gasteiger partial charge in [0.2, 0.25) is 0 Å². The van der Waals surface area contributed by atoms with Crippen LogP contribution in [0.5, 0.6) is 0 Å². The summed E-state index contributed by atoms with van der Waals surface area (Å²) < 4.78 is 4.93. The number of nitriles is 1. The van der Waals surface area contributed by atoms with E-state index >= 15 is 0 Å². The molecule has 0 saturated heterocycles. The SMILES string of the molecule is COC(=O)[C@H](C(C)C)N1Cc2cc(-c3ccc(NC(=O)Nc4cccc(C#N)c4)cc3)ccc2C1=O. The van der Waals surface area contributed by atoms with Gasteiger partial charge in [-0.05, 0) is 65.1 Å². The van der Waals surface area contributed by atoms with Gasteiger partial charge in [0.15, 0.2) is 0 Å². The number of carbonyl (C=O) groups is 3. The van der Waals surface area contributed by atoms with Crippen LogP contribution in [0.1, 0.15) is 35.3 Å². The topological polar surface area (TPSA) is 112 Å². The summed E-state index contributed by atoms with van der Waals surface area (Å²) in [5, 5.41) is 14.5. The van der Waals surface area contributed by atoms with Crippen molar-refractivity contribution in [1.29, 1.82) is 5.26 Å². The summed E-state index contributed by atoms with van der Waals surface area (Å²) in [7, 11) is 1.33. The van der Waals surface area contributed by atoms with E-state index in [0.29, 0.717) is 29.0 Å². The van der Waals surface area contributed by atoms with Crippen LogP contribution in [0.4, 0.5) is 16.2 Å². The smallest absolute Gasteiger partial charge is 0.328 e. The number of carbonyl (C=O) groups excluding carboxylic acids is 3. The van der Waals surface area contributed by atoms with Gasteiger partial charge in [0.1, 0.15) is 6.04 Å². The van der Waals surface area contributed by atoms with Crippen LogP contribution in [0, 0.1) is 17.2 Å². The number of amides is 3. The minimum Gasteiger partial charge on any atom is -0.467 e. The standard InChI is InChI=1S/C28H26N4O4/c1-17(2)25(27(34)36-3)32-16-21-14-20(9-12-24(21)26(32)33)19-7-10-22(11-8-19)30-28(35)31-23-6-4-5-18(13-23)15-29/h4-14,17,25H,16H2,1-3H3,(H2,30,31,35)/t25-/m0/s1. The quantitative estimate of drug-likeness (QED) is 0.479. The van der Waals surface area contributed by atoms with E-state index in [-0.39, 0.29) is 11.8 Å². The van der Waals surface area contributed by atoms with Gasteiger partial charge >= 0.3 is 12.0 Å². The predicted molar refractivity (Wildman–Crippen MR) is 136 cm³/mol. The van der Waals surface area contributed by atoms with Gasteiger partial charge in [-0.15, -0.1) is 0 Å². The second kappa shape index (κ2) is 10.3. The lowest BCUT2D eigenvalue weighted by molar-refractivity contribution is -0.147. The van der Waals surface area contributed by atoms with Crippen LogP contribution >= 0.6 is 0 Å². The first-order valence-electron chi connectivity index (χ1n) is 11.5. The Labute approximate surface area is 209 Å². The molecule has 36 heavy (non-hydrogen) atoms. The summed E-state index contributed by atoms with van der Waals surface area (Å²) in [4.78, 5) is 39.2. The molecule has 3 amide bonds. The lowest BCUT2D eigenvalue weighted by Gasteiger charge is -2.28.